The molecule has 1 aliphatic rings. The van der Waals surface area contributed by atoms with E-state index in [0.717, 1.165) is 18.9 Å². The summed E-state index contributed by atoms with van der Waals surface area (Å²) in [6, 6.07) is 8.24. The third kappa shape index (κ3) is 4.35. The Hall–Kier alpha value is -1.67. The maximum absolute atomic E-state index is 13.6. The van der Waals surface area contributed by atoms with E-state index in [-0.39, 0.29) is 33.1 Å². The third-order valence-electron chi connectivity index (χ3n) is 3.85. The zero-order valence-electron chi connectivity index (χ0n) is 13.4. The normalized spacial score (nSPS) is 14.3. The fourth-order valence-electron chi connectivity index (χ4n) is 2.31. The highest BCUT2D eigenvalue weighted by molar-refractivity contribution is 7.89. The fourth-order valence-corrected chi connectivity index (χ4v) is 4.47. The first-order chi connectivity index (χ1) is 12.3. The Morgan fingerprint density at radius 3 is 2.50 bits per heavy atom. The van der Waals surface area contributed by atoms with Crippen molar-refractivity contribution in [1.82, 2.24) is 10.0 Å². The van der Waals surface area contributed by atoms with Crippen LogP contribution < -0.4 is 10.0 Å². The van der Waals surface area contributed by atoms with E-state index >= 15 is 0 Å². The molecule has 0 aromatic heterocycles. The van der Waals surface area contributed by atoms with Gasteiger partial charge in [0.25, 0.3) is 5.91 Å². The molecule has 0 spiro atoms. The van der Waals surface area contributed by atoms with Gasteiger partial charge in [-0.05, 0) is 31.0 Å². The summed E-state index contributed by atoms with van der Waals surface area (Å²) < 4.78 is 40.9. The summed E-state index contributed by atoms with van der Waals surface area (Å²) in [6.07, 6.45) is 1.53. The van der Waals surface area contributed by atoms with Crippen molar-refractivity contribution in [2.24, 2.45) is 0 Å². The Morgan fingerprint density at radius 1 is 1.15 bits per heavy atom. The molecule has 3 rings (SSSR count). The van der Waals surface area contributed by atoms with E-state index in [9.17, 15) is 17.6 Å². The Kier molecular flexibility index (Phi) is 5.53. The molecule has 26 heavy (non-hydrogen) atoms. The zero-order chi connectivity index (χ0) is 18.9. The van der Waals surface area contributed by atoms with Gasteiger partial charge in [0, 0.05) is 18.2 Å². The van der Waals surface area contributed by atoms with E-state index in [0.29, 0.717) is 5.56 Å². The standard InChI is InChI=1S/C17H15Cl2FN2O3S/c18-13-8-14(19)16(26(24,25)22-11-5-6-11)7-12(13)17(23)21-9-10-3-1-2-4-15(10)20/h1-4,7-8,11,22H,5-6,9H2,(H,21,23). The lowest BCUT2D eigenvalue weighted by Gasteiger charge is -2.12. The molecular formula is C17H15Cl2FN2O3S. The van der Waals surface area contributed by atoms with Gasteiger partial charge < -0.3 is 5.32 Å². The molecule has 9 heteroatoms. The molecule has 1 amide bonds. The Bertz CT molecular complexity index is 962. The largest absolute Gasteiger partial charge is 0.348 e. The monoisotopic (exact) mass is 416 g/mol. The summed E-state index contributed by atoms with van der Waals surface area (Å²) in [5, 5.41) is 2.46. The van der Waals surface area contributed by atoms with Crippen LogP contribution in [-0.2, 0) is 16.6 Å². The molecule has 0 heterocycles. The Balaban J connectivity index is 1.83. The summed E-state index contributed by atoms with van der Waals surface area (Å²) in [7, 11) is -3.85. The van der Waals surface area contributed by atoms with Crippen molar-refractivity contribution in [2.75, 3.05) is 0 Å². The average molecular weight is 417 g/mol. The number of benzene rings is 2. The number of carbonyl (C=O) groups excluding carboxylic acids is 1. The van der Waals surface area contributed by atoms with Gasteiger partial charge in [0.05, 0.1) is 15.6 Å². The number of halogens is 3. The minimum atomic E-state index is -3.85. The molecule has 0 bridgehead atoms. The lowest BCUT2D eigenvalue weighted by molar-refractivity contribution is 0.0950. The van der Waals surface area contributed by atoms with Crippen LogP contribution in [0.25, 0.3) is 0 Å². The fraction of sp³-hybridized carbons (Fsp3) is 0.235. The van der Waals surface area contributed by atoms with E-state index in [1.54, 1.807) is 12.1 Å². The zero-order valence-corrected chi connectivity index (χ0v) is 15.8. The van der Waals surface area contributed by atoms with Crippen LogP contribution in [0.4, 0.5) is 4.39 Å². The SMILES string of the molecule is O=C(NCc1ccccc1F)c1cc(S(=O)(=O)NC2CC2)c(Cl)cc1Cl. The van der Waals surface area contributed by atoms with E-state index in [4.69, 9.17) is 23.2 Å². The van der Waals surface area contributed by atoms with Crippen molar-refractivity contribution < 1.29 is 17.6 Å². The van der Waals surface area contributed by atoms with Crippen LogP contribution in [0.5, 0.6) is 0 Å². The van der Waals surface area contributed by atoms with E-state index in [1.807, 2.05) is 0 Å². The number of hydrogen-bond donors (Lipinski definition) is 2. The quantitative estimate of drug-likeness (QED) is 0.756. The minimum Gasteiger partial charge on any atom is -0.348 e. The number of carbonyl (C=O) groups is 1. The molecule has 5 nitrogen and oxygen atoms in total. The van der Waals surface area contributed by atoms with Gasteiger partial charge >= 0.3 is 0 Å². The molecule has 2 aromatic rings. The average Bonchev–Trinajstić information content (AvgIpc) is 3.37. The first-order valence-electron chi connectivity index (χ1n) is 7.81. The first kappa shape index (κ1) is 19.1. The highest BCUT2D eigenvalue weighted by Crippen LogP contribution is 2.30. The van der Waals surface area contributed by atoms with Crippen molar-refractivity contribution in [1.29, 1.82) is 0 Å². The van der Waals surface area contributed by atoms with Crippen LogP contribution in [0.3, 0.4) is 0 Å². The van der Waals surface area contributed by atoms with Crippen molar-refractivity contribution in [2.45, 2.75) is 30.3 Å². The predicted octanol–water partition coefficient (Wildman–Crippen LogP) is 3.50. The Morgan fingerprint density at radius 2 is 1.85 bits per heavy atom. The molecule has 0 radical (unpaired) electrons. The lowest BCUT2D eigenvalue weighted by Crippen LogP contribution is -2.27. The van der Waals surface area contributed by atoms with Crippen LogP contribution in [-0.4, -0.2) is 20.4 Å². The molecule has 0 atom stereocenters. The van der Waals surface area contributed by atoms with Crippen molar-refractivity contribution in [3.05, 3.63) is 63.4 Å². The molecule has 0 aliphatic heterocycles. The maximum Gasteiger partial charge on any atom is 0.253 e. The summed E-state index contributed by atoms with van der Waals surface area (Å²) in [6.45, 7) is -0.0626. The smallest absolute Gasteiger partial charge is 0.253 e. The molecule has 1 aliphatic carbocycles. The Labute approximate surface area is 160 Å². The second-order valence-electron chi connectivity index (χ2n) is 5.93. The number of amides is 1. The van der Waals surface area contributed by atoms with Crippen molar-refractivity contribution >= 4 is 39.1 Å². The van der Waals surface area contributed by atoms with Gasteiger partial charge in [-0.2, -0.15) is 0 Å². The van der Waals surface area contributed by atoms with Crippen LogP contribution in [0.2, 0.25) is 10.0 Å². The van der Waals surface area contributed by atoms with Crippen molar-refractivity contribution in [3.8, 4) is 0 Å². The second-order valence-corrected chi connectivity index (χ2v) is 8.43. The molecule has 0 unspecified atom stereocenters. The maximum atomic E-state index is 13.6. The van der Waals surface area contributed by atoms with Gasteiger partial charge in [-0.1, -0.05) is 41.4 Å². The summed E-state index contributed by atoms with van der Waals surface area (Å²) in [5.41, 5.74) is 0.248. The lowest BCUT2D eigenvalue weighted by atomic mass is 10.2. The molecule has 2 N–H and O–H groups in total. The second kappa shape index (κ2) is 7.52. The van der Waals surface area contributed by atoms with Crippen LogP contribution in [0.15, 0.2) is 41.3 Å². The highest BCUT2D eigenvalue weighted by Gasteiger charge is 2.30. The summed E-state index contributed by atoms with van der Waals surface area (Å²) in [5.74, 6) is -1.08. The molecular weight excluding hydrogens is 402 g/mol. The molecule has 1 saturated carbocycles. The minimum absolute atomic E-state index is 0.00593. The number of sulfonamides is 1. The summed E-state index contributed by atoms with van der Waals surface area (Å²) in [4.78, 5) is 12.2. The van der Waals surface area contributed by atoms with Gasteiger partial charge in [-0.15, -0.1) is 0 Å². The van der Waals surface area contributed by atoms with Gasteiger partial charge in [0.1, 0.15) is 10.7 Å². The van der Waals surface area contributed by atoms with Crippen LogP contribution in [0, 0.1) is 5.82 Å². The van der Waals surface area contributed by atoms with Crippen molar-refractivity contribution in [3.63, 3.8) is 0 Å². The van der Waals surface area contributed by atoms with Gasteiger partial charge in [-0.25, -0.2) is 17.5 Å². The van der Waals surface area contributed by atoms with E-state index < -0.39 is 21.7 Å². The van der Waals surface area contributed by atoms with Gasteiger partial charge in [0.2, 0.25) is 10.0 Å². The van der Waals surface area contributed by atoms with Crippen LogP contribution in [0.1, 0.15) is 28.8 Å². The van der Waals surface area contributed by atoms with Gasteiger partial charge in [0.15, 0.2) is 0 Å². The van der Waals surface area contributed by atoms with E-state index in [2.05, 4.69) is 10.0 Å². The molecule has 2 aromatic carbocycles. The number of nitrogens with one attached hydrogen (secondary N) is 2. The molecule has 1 fully saturated rings. The predicted molar refractivity (Wildman–Crippen MR) is 97.4 cm³/mol. The molecule has 138 valence electrons. The number of hydrogen-bond acceptors (Lipinski definition) is 3. The first-order valence-corrected chi connectivity index (χ1v) is 10.0. The van der Waals surface area contributed by atoms with Gasteiger partial charge in [-0.3, -0.25) is 4.79 Å². The molecule has 0 saturated heterocycles. The van der Waals surface area contributed by atoms with Crippen LogP contribution >= 0.6 is 23.2 Å². The summed E-state index contributed by atoms with van der Waals surface area (Å²) >= 11 is 12.0. The topological polar surface area (TPSA) is 75.3 Å². The highest BCUT2D eigenvalue weighted by atomic mass is 35.5. The number of rotatable bonds is 6. The third-order valence-corrected chi connectivity index (χ3v) is 6.15. The van der Waals surface area contributed by atoms with E-state index in [1.165, 1.54) is 18.2 Å².